The number of hydrogen-bond donors (Lipinski definition) is 2. The Bertz CT molecular complexity index is 938. The molecule has 3 heterocycles. The van der Waals surface area contributed by atoms with Gasteiger partial charge in [-0.15, -0.1) is 10.2 Å². The predicted octanol–water partition coefficient (Wildman–Crippen LogP) is 3.86. The van der Waals surface area contributed by atoms with Gasteiger partial charge in [-0.1, -0.05) is 29.8 Å². The fourth-order valence-corrected chi connectivity index (χ4v) is 3.61. The number of rotatable bonds is 5. The SMILES string of the molecule is O=C(NCc1ccco1)NC1CCN(c2ccc(-c3ccccc3Cl)nn2)CC1. The second-order valence-electron chi connectivity index (χ2n) is 6.92. The number of nitrogens with zero attached hydrogens (tertiary/aromatic N) is 3. The zero-order valence-electron chi connectivity index (χ0n) is 15.8. The highest BCUT2D eigenvalue weighted by Gasteiger charge is 2.22. The summed E-state index contributed by atoms with van der Waals surface area (Å²) in [6.07, 6.45) is 3.29. The van der Waals surface area contributed by atoms with Crippen LogP contribution in [0.3, 0.4) is 0 Å². The first-order valence-electron chi connectivity index (χ1n) is 9.59. The Balaban J connectivity index is 1.27. The summed E-state index contributed by atoms with van der Waals surface area (Å²) in [6, 6.07) is 15.1. The Morgan fingerprint density at radius 3 is 2.62 bits per heavy atom. The number of furan rings is 1. The zero-order chi connectivity index (χ0) is 20.1. The number of halogens is 1. The van der Waals surface area contributed by atoms with Gasteiger partial charge in [-0.05, 0) is 43.2 Å². The number of nitrogens with one attached hydrogen (secondary N) is 2. The summed E-state index contributed by atoms with van der Waals surface area (Å²) in [7, 11) is 0. The van der Waals surface area contributed by atoms with Crippen LogP contribution in [0.4, 0.5) is 10.6 Å². The lowest BCUT2D eigenvalue weighted by Gasteiger charge is -2.32. The van der Waals surface area contributed by atoms with Crippen LogP contribution in [0.25, 0.3) is 11.3 Å². The molecule has 2 N–H and O–H groups in total. The first-order valence-corrected chi connectivity index (χ1v) is 9.97. The van der Waals surface area contributed by atoms with Crippen LogP contribution in [0.2, 0.25) is 5.02 Å². The van der Waals surface area contributed by atoms with E-state index in [-0.39, 0.29) is 12.1 Å². The molecule has 0 bridgehead atoms. The standard InChI is InChI=1S/C21H22ClN5O2/c22-18-6-2-1-5-17(18)19-7-8-20(26-25-19)27-11-9-15(10-12-27)24-21(28)23-14-16-4-3-13-29-16/h1-8,13,15H,9-12,14H2,(H2,23,24,28). The highest BCUT2D eigenvalue weighted by molar-refractivity contribution is 6.33. The number of aromatic nitrogens is 2. The molecule has 0 aliphatic carbocycles. The summed E-state index contributed by atoms with van der Waals surface area (Å²) in [4.78, 5) is 14.2. The molecule has 1 aliphatic rings. The quantitative estimate of drug-likeness (QED) is 0.666. The Morgan fingerprint density at radius 2 is 1.93 bits per heavy atom. The molecule has 1 saturated heterocycles. The van der Waals surface area contributed by atoms with Gasteiger partial charge >= 0.3 is 6.03 Å². The molecule has 2 aromatic heterocycles. The topological polar surface area (TPSA) is 83.3 Å². The van der Waals surface area contributed by atoms with Gasteiger partial charge in [0.25, 0.3) is 0 Å². The van der Waals surface area contributed by atoms with E-state index in [4.69, 9.17) is 16.0 Å². The fraction of sp³-hybridized carbons (Fsp3) is 0.286. The number of carbonyl (C=O) groups excluding carboxylic acids is 1. The molecule has 3 aromatic rings. The highest BCUT2D eigenvalue weighted by atomic mass is 35.5. The number of carbonyl (C=O) groups is 1. The van der Waals surface area contributed by atoms with E-state index in [1.807, 2.05) is 42.5 Å². The largest absolute Gasteiger partial charge is 0.467 e. The molecule has 0 radical (unpaired) electrons. The maximum atomic E-state index is 12.0. The van der Waals surface area contributed by atoms with Gasteiger partial charge in [0.15, 0.2) is 5.82 Å². The maximum absolute atomic E-state index is 12.0. The molecule has 1 aliphatic heterocycles. The third-order valence-corrected chi connectivity index (χ3v) is 5.29. The van der Waals surface area contributed by atoms with Crippen LogP contribution in [0, 0.1) is 0 Å². The molecule has 29 heavy (non-hydrogen) atoms. The molecule has 1 fully saturated rings. The van der Waals surface area contributed by atoms with E-state index in [9.17, 15) is 4.79 Å². The second-order valence-corrected chi connectivity index (χ2v) is 7.33. The number of amides is 2. The van der Waals surface area contributed by atoms with Crippen LogP contribution in [0.15, 0.2) is 59.2 Å². The predicted molar refractivity (Wildman–Crippen MR) is 112 cm³/mol. The number of benzene rings is 1. The normalized spacial score (nSPS) is 14.6. The molecule has 7 nitrogen and oxygen atoms in total. The van der Waals surface area contributed by atoms with Crippen molar-refractivity contribution in [1.82, 2.24) is 20.8 Å². The minimum atomic E-state index is -0.177. The van der Waals surface area contributed by atoms with Gasteiger partial charge in [0.1, 0.15) is 5.76 Å². The van der Waals surface area contributed by atoms with E-state index in [2.05, 4.69) is 25.7 Å². The van der Waals surface area contributed by atoms with Crippen LogP contribution in [-0.4, -0.2) is 35.4 Å². The smallest absolute Gasteiger partial charge is 0.315 e. The molecule has 0 spiro atoms. The molecular weight excluding hydrogens is 390 g/mol. The summed E-state index contributed by atoms with van der Waals surface area (Å²) in [5.74, 6) is 1.57. The maximum Gasteiger partial charge on any atom is 0.315 e. The lowest BCUT2D eigenvalue weighted by molar-refractivity contribution is 0.233. The second kappa shape index (κ2) is 8.96. The van der Waals surface area contributed by atoms with Gasteiger partial charge in [-0.2, -0.15) is 0 Å². The van der Waals surface area contributed by atoms with Crippen LogP contribution in [0.5, 0.6) is 0 Å². The first-order chi connectivity index (χ1) is 14.2. The van der Waals surface area contributed by atoms with Gasteiger partial charge in [0.05, 0.1) is 23.5 Å². The van der Waals surface area contributed by atoms with Crippen molar-refractivity contribution in [3.63, 3.8) is 0 Å². The van der Waals surface area contributed by atoms with Gasteiger partial charge < -0.3 is 20.0 Å². The van der Waals surface area contributed by atoms with E-state index in [1.165, 1.54) is 0 Å². The highest BCUT2D eigenvalue weighted by Crippen LogP contribution is 2.26. The number of anilines is 1. The average Bonchev–Trinajstić information content (AvgIpc) is 3.27. The Hall–Kier alpha value is -3.06. The molecular formula is C21H22ClN5O2. The summed E-state index contributed by atoms with van der Waals surface area (Å²) in [5, 5.41) is 15.2. The van der Waals surface area contributed by atoms with E-state index >= 15 is 0 Å². The molecule has 0 saturated carbocycles. The molecule has 150 valence electrons. The van der Waals surface area contributed by atoms with Crippen molar-refractivity contribution in [2.24, 2.45) is 0 Å². The molecule has 0 unspecified atom stereocenters. The number of piperidine rings is 1. The van der Waals surface area contributed by atoms with Gasteiger partial charge in [0, 0.05) is 24.7 Å². The minimum absolute atomic E-state index is 0.137. The van der Waals surface area contributed by atoms with E-state index < -0.39 is 0 Å². The van der Waals surface area contributed by atoms with Gasteiger partial charge in [-0.3, -0.25) is 0 Å². The van der Waals surface area contributed by atoms with Gasteiger partial charge in [0.2, 0.25) is 0 Å². The van der Waals surface area contributed by atoms with Crippen LogP contribution in [-0.2, 0) is 6.54 Å². The zero-order valence-corrected chi connectivity index (χ0v) is 16.6. The summed E-state index contributed by atoms with van der Waals surface area (Å²) in [5.41, 5.74) is 1.63. The van der Waals surface area contributed by atoms with Crippen molar-refractivity contribution in [3.05, 3.63) is 65.6 Å². The van der Waals surface area contributed by atoms with Crippen LogP contribution < -0.4 is 15.5 Å². The van der Waals surface area contributed by atoms with Gasteiger partial charge in [-0.25, -0.2) is 4.79 Å². The van der Waals surface area contributed by atoms with Crippen molar-refractivity contribution in [1.29, 1.82) is 0 Å². The van der Waals surface area contributed by atoms with Crippen molar-refractivity contribution in [2.75, 3.05) is 18.0 Å². The van der Waals surface area contributed by atoms with Crippen LogP contribution >= 0.6 is 11.6 Å². The van der Waals surface area contributed by atoms with Crippen LogP contribution in [0.1, 0.15) is 18.6 Å². The first kappa shape index (κ1) is 19.3. The molecule has 1 aromatic carbocycles. The Kier molecular flexibility index (Phi) is 5.95. The number of hydrogen-bond acceptors (Lipinski definition) is 5. The van der Waals surface area contributed by atoms with Crippen molar-refractivity contribution in [3.8, 4) is 11.3 Å². The third-order valence-electron chi connectivity index (χ3n) is 4.96. The molecule has 4 rings (SSSR count). The molecule has 8 heteroatoms. The molecule has 2 amide bonds. The summed E-state index contributed by atoms with van der Waals surface area (Å²) < 4.78 is 5.21. The summed E-state index contributed by atoms with van der Waals surface area (Å²) in [6.45, 7) is 2.00. The Morgan fingerprint density at radius 1 is 1.10 bits per heavy atom. The average molecular weight is 412 g/mol. The van der Waals surface area contributed by atoms with Crippen molar-refractivity contribution in [2.45, 2.75) is 25.4 Å². The minimum Gasteiger partial charge on any atom is -0.467 e. The van der Waals surface area contributed by atoms with Crippen molar-refractivity contribution < 1.29 is 9.21 Å². The monoisotopic (exact) mass is 411 g/mol. The van der Waals surface area contributed by atoms with E-state index in [0.717, 1.165) is 48.8 Å². The Labute approximate surface area is 174 Å². The lowest BCUT2D eigenvalue weighted by Crippen LogP contribution is -2.48. The third kappa shape index (κ3) is 4.86. The van der Waals surface area contributed by atoms with E-state index in [1.54, 1.807) is 12.3 Å². The summed E-state index contributed by atoms with van der Waals surface area (Å²) >= 11 is 6.23. The fourth-order valence-electron chi connectivity index (χ4n) is 3.38. The van der Waals surface area contributed by atoms with Crippen molar-refractivity contribution >= 4 is 23.4 Å². The molecule has 0 atom stereocenters. The number of urea groups is 1. The van der Waals surface area contributed by atoms with E-state index in [0.29, 0.717) is 11.6 Å². The lowest BCUT2D eigenvalue weighted by atomic mass is 10.1.